The van der Waals surface area contributed by atoms with E-state index in [-0.39, 0.29) is 5.78 Å². The van der Waals surface area contributed by atoms with Crippen molar-refractivity contribution in [3.05, 3.63) is 59.7 Å². The molecule has 0 aliphatic rings. The first kappa shape index (κ1) is 14.8. The molecule has 0 atom stereocenters. The zero-order chi connectivity index (χ0) is 14.4. The second-order valence-electron chi connectivity index (χ2n) is 4.20. The number of carbonyl (C=O) groups excluding carboxylic acids is 1. The van der Waals surface area contributed by atoms with Crippen molar-refractivity contribution in [3.8, 4) is 11.5 Å². The van der Waals surface area contributed by atoms with Crippen molar-refractivity contribution in [1.29, 1.82) is 0 Å². The third-order valence-corrected chi connectivity index (χ3v) is 3.54. The van der Waals surface area contributed by atoms with Gasteiger partial charge in [0, 0.05) is 5.56 Å². The van der Waals surface area contributed by atoms with E-state index in [4.69, 9.17) is 9.47 Å². The van der Waals surface area contributed by atoms with Crippen LogP contribution in [0.5, 0.6) is 11.5 Å². The van der Waals surface area contributed by atoms with Crippen LogP contribution in [0.25, 0.3) is 0 Å². The first-order valence-corrected chi connectivity index (χ1v) is 7.71. The number of rotatable bonds is 6. The Labute approximate surface area is 132 Å². The van der Waals surface area contributed by atoms with Gasteiger partial charge in [0.05, 0.1) is 11.5 Å². The molecule has 2 aromatic rings. The lowest BCUT2D eigenvalue weighted by molar-refractivity contribution is 0.102. The number of Topliss-reactive ketones (excluding diaryl/α,β-unsaturated/α-hetero) is 1. The molecule has 0 saturated carbocycles. The molecule has 0 fully saturated rings. The van der Waals surface area contributed by atoms with Crippen LogP contribution in [-0.2, 0) is 6.61 Å². The SMILES string of the molecule is COc1ccc(C(=O)CI)cc1OCc1ccccc1. The summed E-state index contributed by atoms with van der Waals surface area (Å²) in [5.74, 6) is 1.30. The molecule has 0 aromatic heterocycles. The van der Waals surface area contributed by atoms with Crippen LogP contribution < -0.4 is 9.47 Å². The van der Waals surface area contributed by atoms with Crippen LogP contribution in [-0.4, -0.2) is 17.3 Å². The Hall–Kier alpha value is -1.56. The summed E-state index contributed by atoms with van der Waals surface area (Å²) in [6.45, 7) is 0.444. The van der Waals surface area contributed by atoms with Crippen LogP contribution in [0.15, 0.2) is 48.5 Å². The molecule has 4 heteroatoms. The van der Waals surface area contributed by atoms with Crippen molar-refractivity contribution in [1.82, 2.24) is 0 Å². The Morgan fingerprint density at radius 2 is 1.85 bits per heavy atom. The normalized spacial score (nSPS) is 10.1. The van der Waals surface area contributed by atoms with Crippen LogP contribution in [0, 0.1) is 0 Å². The maximum Gasteiger partial charge on any atom is 0.172 e. The molecule has 0 spiro atoms. The highest BCUT2D eigenvalue weighted by Gasteiger charge is 2.10. The molecule has 0 saturated heterocycles. The molecule has 0 radical (unpaired) electrons. The van der Waals surface area contributed by atoms with Gasteiger partial charge in [0.25, 0.3) is 0 Å². The van der Waals surface area contributed by atoms with Gasteiger partial charge in [-0.15, -0.1) is 0 Å². The Bertz CT molecular complexity index is 582. The van der Waals surface area contributed by atoms with Crippen LogP contribution in [0.4, 0.5) is 0 Å². The van der Waals surface area contributed by atoms with Crippen molar-refractivity contribution in [2.75, 3.05) is 11.5 Å². The van der Waals surface area contributed by atoms with E-state index in [9.17, 15) is 4.79 Å². The summed E-state index contributed by atoms with van der Waals surface area (Å²) in [5.41, 5.74) is 1.71. The van der Waals surface area contributed by atoms with Gasteiger partial charge in [-0.3, -0.25) is 4.79 Å². The van der Waals surface area contributed by atoms with E-state index in [1.54, 1.807) is 25.3 Å². The maximum atomic E-state index is 11.7. The fraction of sp³-hybridized carbons (Fsp3) is 0.188. The molecule has 3 nitrogen and oxygen atoms in total. The van der Waals surface area contributed by atoms with Gasteiger partial charge in [-0.1, -0.05) is 52.9 Å². The molecular formula is C16H15IO3. The molecule has 0 N–H and O–H groups in total. The molecule has 2 aromatic carbocycles. The highest BCUT2D eigenvalue weighted by molar-refractivity contribution is 14.1. The minimum absolute atomic E-state index is 0.0813. The molecule has 0 heterocycles. The van der Waals surface area contributed by atoms with Crippen molar-refractivity contribution in [2.45, 2.75) is 6.61 Å². The van der Waals surface area contributed by atoms with Gasteiger partial charge in [0.1, 0.15) is 6.61 Å². The summed E-state index contributed by atoms with van der Waals surface area (Å²) in [5, 5.41) is 0. The summed E-state index contributed by atoms with van der Waals surface area (Å²) >= 11 is 2.06. The second-order valence-corrected chi connectivity index (χ2v) is 4.96. The molecule has 20 heavy (non-hydrogen) atoms. The Morgan fingerprint density at radius 3 is 2.50 bits per heavy atom. The number of benzene rings is 2. The number of methoxy groups -OCH3 is 1. The summed E-state index contributed by atoms with van der Waals surface area (Å²) in [7, 11) is 1.59. The molecule has 2 rings (SSSR count). The summed E-state index contributed by atoms with van der Waals surface area (Å²) in [6, 6.07) is 15.1. The minimum Gasteiger partial charge on any atom is -0.493 e. The smallest absolute Gasteiger partial charge is 0.172 e. The molecule has 0 bridgehead atoms. The monoisotopic (exact) mass is 382 g/mol. The van der Waals surface area contributed by atoms with E-state index < -0.39 is 0 Å². The molecule has 0 aliphatic heterocycles. The number of hydrogen-bond acceptors (Lipinski definition) is 3. The number of carbonyl (C=O) groups is 1. The third kappa shape index (κ3) is 3.72. The average Bonchev–Trinajstić information content (AvgIpc) is 2.52. The lowest BCUT2D eigenvalue weighted by atomic mass is 10.1. The van der Waals surface area contributed by atoms with Crippen molar-refractivity contribution in [2.24, 2.45) is 0 Å². The van der Waals surface area contributed by atoms with Gasteiger partial charge >= 0.3 is 0 Å². The molecule has 0 aliphatic carbocycles. The van der Waals surface area contributed by atoms with E-state index in [0.717, 1.165) is 5.56 Å². The fourth-order valence-electron chi connectivity index (χ4n) is 1.78. The number of ether oxygens (including phenoxy) is 2. The quantitative estimate of drug-likeness (QED) is 0.432. The minimum atomic E-state index is 0.0813. The maximum absolute atomic E-state index is 11.7. The third-order valence-electron chi connectivity index (χ3n) is 2.84. The number of alkyl halides is 1. The van der Waals surface area contributed by atoms with E-state index in [1.807, 2.05) is 30.3 Å². The van der Waals surface area contributed by atoms with E-state index in [2.05, 4.69) is 22.6 Å². The summed E-state index contributed by atoms with van der Waals surface area (Å²) in [4.78, 5) is 11.7. The van der Waals surface area contributed by atoms with Gasteiger partial charge in [-0.05, 0) is 23.8 Å². The Morgan fingerprint density at radius 1 is 1.10 bits per heavy atom. The lowest BCUT2D eigenvalue weighted by Crippen LogP contribution is -2.03. The molecule has 0 amide bonds. The summed E-state index contributed by atoms with van der Waals surface area (Å²) in [6.07, 6.45) is 0. The standard InChI is InChI=1S/C16H15IO3/c1-19-15-8-7-13(14(18)10-17)9-16(15)20-11-12-5-3-2-4-6-12/h2-9H,10-11H2,1H3. The molecular weight excluding hydrogens is 367 g/mol. The van der Waals surface area contributed by atoms with Crippen molar-refractivity contribution in [3.63, 3.8) is 0 Å². The Balaban J connectivity index is 2.18. The zero-order valence-electron chi connectivity index (χ0n) is 11.1. The second kappa shape index (κ2) is 7.28. The highest BCUT2D eigenvalue weighted by atomic mass is 127. The van der Waals surface area contributed by atoms with Gasteiger partial charge in [0.15, 0.2) is 17.3 Å². The number of halogens is 1. The zero-order valence-corrected chi connectivity index (χ0v) is 13.3. The predicted octanol–water partition coefficient (Wildman–Crippen LogP) is 3.89. The molecule has 0 unspecified atom stereocenters. The number of ketones is 1. The number of hydrogen-bond donors (Lipinski definition) is 0. The van der Waals surface area contributed by atoms with Gasteiger partial charge < -0.3 is 9.47 Å². The summed E-state index contributed by atoms with van der Waals surface area (Å²) < 4.78 is 11.5. The molecule has 104 valence electrons. The van der Waals surface area contributed by atoms with E-state index in [1.165, 1.54) is 0 Å². The van der Waals surface area contributed by atoms with Crippen molar-refractivity contribution < 1.29 is 14.3 Å². The topological polar surface area (TPSA) is 35.5 Å². The van der Waals surface area contributed by atoms with Gasteiger partial charge in [-0.2, -0.15) is 0 Å². The lowest BCUT2D eigenvalue weighted by Gasteiger charge is -2.12. The first-order valence-electron chi connectivity index (χ1n) is 6.18. The van der Waals surface area contributed by atoms with Crippen LogP contribution in [0.2, 0.25) is 0 Å². The fourth-order valence-corrected chi connectivity index (χ4v) is 2.22. The van der Waals surface area contributed by atoms with Crippen LogP contribution in [0.1, 0.15) is 15.9 Å². The van der Waals surface area contributed by atoms with Gasteiger partial charge in [-0.25, -0.2) is 0 Å². The van der Waals surface area contributed by atoms with Crippen LogP contribution >= 0.6 is 22.6 Å². The van der Waals surface area contributed by atoms with Crippen molar-refractivity contribution >= 4 is 28.4 Å². The first-order chi connectivity index (χ1) is 9.74. The highest BCUT2D eigenvalue weighted by Crippen LogP contribution is 2.29. The van der Waals surface area contributed by atoms with E-state index in [0.29, 0.717) is 28.1 Å². The average molecular weight is 382 g/mol. The van der Waals surface area contributed by atoms with E-state index >= 15 is 0 Å². The van der Waals surface area contributed by atoms with Gasteiger partial charge in [0.2, 0.25) is 0 Å². The van der Waals surface area contributed by atoms with Crippen LogP contribution in [0.3, 0.4) is 0 Å². The Kier molecular flexibility index (Phi) is 5.40. The largest absolute Gasteiger partial charge is 0.493 e. The predicted molar refractivity (Wildman–Crippen MR) is 87.0 cm³/mol.